The zero-order chi connectivity index (χ0) is 8.22. The molecule has 2 rings (SSSR count). The molecule has 0 N–H and O–H groups in total. The van der Waals surface area contributed by atoms with Crippen molar-refractivity contribution in [3.05, 3.63) is 0 Å². The minimum Gasteiger partial charge on any atom is -0.0854 e. The SMILES string of the molecule is CB1C2C(C(C)C)CCC12C. The van der Waals surface area contributed by atoms with Crippen molar-refractivity contribution in [1.82, 2.24) is 0 Å². The molecule has 0 bridgehead atoms. The fourth-order valence-corrected chi connectivity index (χ4v) is 3.50. The average molecular weight is 150 g/mol. The molecule has 2 aliphatic rings. The van der Waals surface area contributed by atoms with Crippen LogP contribution < -0.4 is 0 Å². The van der Waals surface area contributed by atoms with E-state index in [-0.39, 0.29) is 0 Å². The molecule has 0 aromatic carbocycles. The van der Waals surface area contributed by atoms with Gasteiger partial charge in [0.15, 0.2) is 0 Å². The first-order valence-electron chi connectivity index (χ1n) is 5.07. The molecule has 0 nitrogen and oxygen atoms in total. The van der Waals surface area contributed by atoms with Crippen LogP contribution in [0.5, 0.6) is 0 Å². The second kappa shape index (κ2) is 2.05. The maximum atomic E-state index is 2.49. The quantitative estimate of drug-likeness (QED) is 0.503. The summed E-state index contributed by atoms with van der Waals surface area (Å²) in [6, 6.07) is 0. The van der Waals surface area contributed by atoms with Crippen LogP contribution in [0.1, 0.15) is 33.6 Å². The van der Waals surface area contributed by atoms with Crippen molar-refractivity contribution in [3.8, 4) is 0 Å². The van der Waals surface area contributed by atoms with E-state index in [1.54, 1.807) is 0 Å². The van der Waals surface area contributed by atoms with Gasteiger partial charge in [-0.1, -0.05) is 51.6 Å². The molecular formula is C10H19B. The van der Waals surface area contributed by atoms with Crippen LogP contribution in [-0.2, 0) is 0 Å². The lowest BCUT2D eigenvalue weighted by atomic mass is 9.58. The zero-order valence-electron chi connectivity index (χ0n) is 8.22. The third-order valence-corrected chi connectivity index (χ3v) is 4.57. The third kappa shape index (κ3) is 0.831. The Kier molecular flexibility index (Phi) is 1.44. The molecular weight excluding hydrogens is 131 g/mol. The van der Waals surface area contributed by atoms with Gasteiger partial charge in [-0.25, -0.2) is 0 Å². The van der Waals surface area contributed by atoms with E-state index >= 15 is 0 Å². The van der Waals surface area contributed by atoms with Crippen molar-refractivity contribution in [3.63, 3.8) is 0 Å². The van der Waals surface area contributed by atoms with Gasteiger partial charge in [0, 0.05) is 0 Å². The van der Waals surface area contributed by atoms with E-state index in [2.05, 4.69) is 27.6 Å². The second-order valence-corrected chi connectivity index (χ2v) is 5.27. The molecule has 1 aliphatic carbocycles. The maximum Gasteiger partial charge on any atom is 0.145 e. The molecule has 1 saturated carbocycles. The van der Waals surface area contributed by atoms with Gasteiger partial charge in [0.1, 0.15) is 6.71 Å². The number of rotatable bonds is 1. The van der Waals surface area contributed by atoms with Gasteiger partial charge in [-0.15, -0.1) is 0 Å². The number of fused-ring (bicyclic) bond motifs is 1. The molecule has 1 heterocycles. The van der Waals surface area contributed by atoms with Crippen LogP contribution in [0.2, 0.25) is 18.0 Å². The first-order chi connectivity index (χ1) is 5.07. The van der Waals surface area contributed by atoms with Crippen LogP contribution in [0.15, 0.2) is 0 Å². The molecule has 62 valence electrons. The van der Waals surface area contributed by atoms with Crippen LogP contribution in [-0.4, -0.2) is 6.71 Å². The van der Waals surface area contributed by atoms with E-state index < -0.39 is 0 Å². The summed E-state index contributed by atoms with van der Waals surface area (Å²) in [5.74, 6) is 3.06. The van der Waals surface area contributed by atoms with Crippen LogP contribution in [0.3, 0.4) is 0 Å². The lowest BCUT2D eigenvalue weighted by Crippen LogP contribution is -2.09. The van der Waals surface area contributed by atoms with E-state index in [1.807, 2.05) is 0 Å². The van der Waals surface area contributed by atoms with Crippen LogP contribution >= 0.6 is 0 Å². The largest absolute Gasteiger partial charge is 0.145 e. The molecule has 11 heavy (non-hydrogen) atoms. The number of hydrogen-bond donors (Lipinski definition) is 0. The molecule has 0 aromatic rings. The lowest BCUT2D eigenvalue weighted by Gasteiger charge is -2.16. The van der Waals surface area contributed by atoms with Crippen molar-refractivity contribution < 1.29 is 0 Å². The highest BCUT2D eigenvalue weighted by Crippen LogP contribution is 2.76. The molecule has 1 heteroatoms. The van der Waals surface area contributed by atoms with Gasteiger partial charge in [-0.05, 0) is 11.8 Å². The Labute approximate surface area is 70.8 Å². The Bertz CT molecular complexity index is 176. The highest BCUT2D eigenvalue weighted by atomic mass is 14.5. The lowest BCUT2D eigenvalue weighted by molar-refractivity contribution is 0.403. The monoisotopic (exact) mass is 150 g/mol. The van der Waals surface area contributed by atoms with Gasteiger partial charge in [-0.3, -0.25) is 0 Å². The van der Waals surface area contributed by atoms with Gasteiger partial charge in [0.25, 0.3) is 0 Å². The number of hydrogen-bond acceptors (Lipinski definition) is 0. The van der Waals surface area contributed by atoms with Gasteiger partial charge in [0.2, 0.25) is 0 Å². The molecule has 3 atom stereocenters. The van der Waals surface area contributed by atoms with E-state index in [0.717, 1.165) is 29.7 Å². The predicted octanol–water partition coefficient (Wildman–Crippen LogP) is 3.32. The standard InChI is InChI=1S/C10H19B/c1-7(2)8-5-6-10(3)9(8)11(10)4/h7-9H,5-6H2,1-4H3. The second-order valence-electron chi connectivity index (χ2n) is 5.27. The molecule has 0 spiro atoms. The summed E-state index contributed by atoms with van der Waals surface area (Å²) >= 11 is 0. The summed E-state index contributed by atoms with van der Waals surface area (Å²) < 4.78 is 0. The smallest absolute Gasteiger partial charge is 0.0854 e. The fourth-order valence-electron chi connectivity index (χ4n) is 3.50. The predicted molar refractivity (Wildman–Crippen MR) is 51.3 cm³/mol. The van der Waals surface area contributed by atoms with E-state index in [9.17, 15) is 0 Å². The Hall–Kier alpha value is 0.0649. The topological polar surface area (TPSA) is 0 Å². The molecule has 3 unspecified atom stereocenters. The average Bonchev–Trinajstić information content (AvgIpc) is 2.38. The first-order valence-corrected chi connectivity index (χ1v) is 5.07. The van der Waals surface area contributed by atoms with Gasteiger partial charge >= 0.3 is 0 Å². The van der Waals surface area contributed by atoms with Crippen LogP contribution in [0, 0.1) is 11.8 Å². The highest BCUT2D eigenvalue weighted by molar-refractivity contribution is 6.75. The van der Waals surface area contributed by atoms with Crippen molar-refractivity contribution in [2.75, 3.05) is 0 Å². The minimum absolute atomic E-state index is 0.773. The van der Waals surface area contributed by atoms with Crippen molar-refractivity contribution >= 4 is 6.71 Å². The molecule has 1 aliphatic heterocycles. The zero-order valence-corrected chi connectivity index (χ0v) is 8.22. The summed E-state index contributed by atoms with van der Waals surface area (Å²) in [5, 5.41) is 0.773. The van der Waals surface area contributed by atoms with Gasteiger partial charge in [-0.2, -0.15) is 0 Å². The van der Waals surface area contributed by atoms with E-state index in [0.29, 0.717) is 0 Å². The van der Waals surface area contributed by atoms with Gasteiger partial charge < -0.3 is 0 Å². The Balaban J connectivity index is 2.09. The minimum atomic E-state index is 0.773. The third-order valence-electron chi connectivity index (χ3n) is 4.57. The Morgan fingerprint density at radius 2 is 2.09 bits per heavy atom. The molecule has 1 saturated heterocycles. The molecule has 2 fully saturated rings. The highest BCUT2D eigenvalue weighted by Gasteiger charge is 2.66. The fraction of sp³-hybridized carbons (Fsp3) is 1.00. The van der Waals surface area contributed by atoms with Crippen LogP contribution in [0.25, 0.3) is 0 Å². The molecule has 0 aromatic heterocycles. The van der Waals surface area contributed by atoms with Crippen molar-refractivity contribution in [1.29, 1.82) is 0 Å². The first kappa shape index (κ1) is 7.70. The Morgan fingerprint density at radius 3 is 2.36 bits per heavy atom. The normalized spacial score (nSPS) is 48.3. The molecule has 0 radical (unpaired) electrons. The summed E-state index contributed by atoms with van der Waals surface area (Å²) in [6.45, 7) is 10.7. The summed E-state index contributed by atoms with van der Waals surface area (Å²) in [5.41, 5.74) is 0. The summed E-state index contributed by atoms with van der Waals surface area (Å²) in [4.78, 5) is 0. The van der Waals surface area contributed by atoms with Gasteiger partial charge in [0.05, 0.1) is 0 Å². The van der Waals surface area contributed by atoms with E-state index in [1.165, 1.54) is 12.8 Å². The van der Waals surface area contributed by atoms with Crippen molar-refractivity contribution in [2.24, 2.45) is 11.8 Å². The van der Waals surface area contributed by atoms with Crippen molar-refractivity contribution in [2.45, 2.75) is 51.6 Å². The molecule has 0 amide bonds. The maximum absolute atomic E-state index is 2.49. The summed E-state index contributed by atoms with van der Waals surface area (Å²) in [7, 11) is 0. The van der Waals surface area contributed by atoms with E-state index in [4.69, 9.17) is 0 Å². The summed E-state index contributed by atoms with van der Waals surface area (Å²) in [6.07, 6.45) is 3.00. The van der Waals surface area contributed by atoms with Crippen LogP contribution in [0.4, 0.5) is 0 Å². The Morgan fingerprint density at radius 1 is 1.45 bits per heavy atom.